The molecular formula is C8H16N2O2S. The third kappa shape index (κ3) is 4.50. The zero-order valence-electron chi connectivity index (χ0n) is 7.90. The number of rotatable bonds is 3. The molecule has 1 saturated heterocycles. The van der Waals surface area contributed by atoms with E-state index in [9.17, 15) is 4.79 Å². The maximum absolute atomic E-state index is 10.5. The normalized spacial score (nSPS) is 20.2. The molecule has 0 aromatic heterocycles. The van der Waals surface area contributed by atoms with Gasteiger partial charge in [0.25, 0.3) is 0 Å². The first-order chi connectivity index (χ1) is 6.18. The van der Waals surface area contributed by atoms with Crippen LogP contribution in [0.15, 0.2) is 0 Å². The number of carbonyl (C=O) groups is 1. The highest BCUT2D eigenvalue weighted by molar-refractivity contribution is 7.77. The second-order valence-electron chi connectivity index (χ2n) is 3.14. The summed E-state index contributed by atoms with van der Waals surface area (Å²) in [4.78, 5) is 12.7. The highest BCUT2D eigenvalue weighted by Gasteiger charge is 2.13. The first-order valence-corrected chi connectivity index (χ1v) is 4.88. The number of carbonyl (C=O) groups excluding carboxylic acids is 1. The molecule has 5 heteroatoms. The fourth-order valence-electron chi connectivity index (χ4n) is 1.28. The summed E-state index contributed by atoms with van der Waals surface area (Å²) in [6.45, 7) is 6.73. The monoisotopic (exact) mass is 204 g/mol. The highest BCUT2D eigenvalue weighted by atomic mass is 32.1. The van der Waals surface area contributed by atoms with Gasteiger partial charge in [0.05, 0.1) is 0 Å². The van der Waals surface area contributed by atoms with Crippen LogP contribution >= 0.6 is 12.8 Å². The first-order valence-electron chi connectivity index (χ1n) is 4.48. The minimum Gasteiger partial charge on any atom is -0.465 e. The molecule has 4 nitrogen and oxygen atoms in total. The molecule has 0 aromatic rings. The molecule has 0 N–H and O–H groups in total. The van der Waals surface area contributed by atoms with Crippen molar-refractivity contribution in [1.29, 1.82) is 0 Å². The summed E-state index contributed by atoms with van der Waals surface area (Å²) in [5, 5.41) is 0. The molecule has 0 aromatic carbocycles. The summed E-state index contributed by atoms with van der Waals surface area (Å²) >= 11 is 4.25. The van der Waals surface area contributed by atoms with Crippen LogP contribution in [0.25, 0.3) is 0 Å². The predicted molar refractivity (Wildman–Crippen MR) is 53.6 cm³/mol. The third-order valence-corrected chi connectivity index (χ3v) is 2.46. The minimum atomic E-state index is -0.201. The Labute approximate surface area is 84.4 Å². The topological polar surface area (TPSA) is 32.8 Å². The summed E-state index contributed by atoms with van der Waals surface area (Å²) in [5.41, 5.74) is 0. The van der Waals surface area contributed by atoms with E-state index in [1.165, 1.54) is 6.92 Å². The smallest absolute Gasteiger partial charge is 0.302 e. The van der Waals surface area contributed by atoms with Gasteiger partial charge in [-0.05, 0) is 0 Å². The molecule has 0 atom stereocenters. The largest absolute Gasteiger partial charge is 0.465 e. The van der Waals surface area contributed by atoms with Gasteiger partial charge in [-0.25, -0.2) is 0 Å². The van der Waals surface area contributed by atoms with E-state index in [4.69, 9.17) is 4.74 Å². The van der Waals surface area contributed by atoms with Crippen LogP contribution in [0.1, 0.15) is 6.92 Å². The van der Waals surface area contributed by atoms with Gasteiger partial charge >= 0.3 is 5.97 Å². The zero-order valence-corrected chi connectivity index (χ0v) is 8.80. The number of hydrogen-bond donors (Lipinski definition) is 1. The fourth-order valence-corrected chi connectivity index (χ4v) is 1.46. The van der Waals surface area contributed by atoms with E-state index in [0.29, 0.717) is 6.61 Å². The predicted octanol–water partition coefficient (Wildman–Crippen LogP) is 0.0119. The van der Waals surface area contributed by atoms with E-state index in [2.05, 4.69) is 17.7 Å². The number of nitrogens with zero attached hydrogens (tertiary/aromatic N) is 2. The minimum absolute atomic E-state index is 0.201. The Kier molecular flexibility index (Phi) is 4.55. The number of thiol groups is 1. The van der Waals surface area contributed by atoms with Gasteiger partial charge in [-0.15, -0.1) is 0 Å². The Balaban J connectivity index is 2.05. The van der Waals surface area contributed by atoms with Crippen LogP contribution in [0, 0.1) is 0 Å². The molecule has 1 heterocycles. The standard InChI is InChI=1S/C8H16N2O2S/c1-8(11)12-7-6-9-2-4-10(13)5-3-9/h13H,2-7H2,1H3. The molecule has 0 amide bonds. The van der Waals surface area contributed by atoms with Crippen LogP contribution in [0.3, 0.4) is 0 Å². The lowest BCUT2D eigenvalue weighted by atomic mass is 10.3. The fraction of sp³-hybridized carbons (Fsp3) is 0.875. The number of esters is 1. The molecule has 0 bridgehead atoms. The van der Waals surface area contributed by atoms with Crippen molar-refractivity contribution in [3.05, 3.63) is 0 Å². The second kappa shape index (κ2) is 5.47. The Morgan fingerprint density at radius 1 is 1.38 bits per heavy atom. The average molecular weight is 204 g/mol. The van der Waals surface area contributed by atoms with Crippen LogP contribution in [-0.4, -0.2) is 54.5 Å². The molecule has 0 radical (unpaired) electrons. The van der Waals surface area contributed by atoms with E-state index >= 15 is 0 Å². The molecule has 1 rings (SSSR count). The molecular weight excluding hydrogens is 188 g/mol. The second-order valence-corrected chi connectivity index (χ2v) is 3.70. The van der Waals surface area contributed by atoms with Gasteiger partial charge in [0.2, 0.25) is 0 Å². The number of piperazine rings is 1. The van der Waals surface area contributed by atoms with Crippen molar-refractivity contribution >= 4 is 18.8 Å². The summed E-state index contributed by atoms with van der Waals surface area (Å²) < 4.78 is 6.86. The molecule has 0 unspecified atom stereocenters. The quantitative estimate of drug-likeness (QED) is 0.518. The summed E-state index contributed by atoms with van der Waals surface area (Å²) in [5.74, 6) is -0.201. The SMILES string of the molecule is CC(=O)OCCN1CCN(S)CC1. The van der Waals surface area contributed by atoms with Gasteiger partial charge in [0.1, 0.15) is 6.61 Å². The van der Waals surface area contributed by atoms with Crippen molar-refractivity contribution in [2.24, 2.45) is 0 Å². The Morgan fingerprint density at radius 2 is 2.00 bits per heavy atom. The van der Waals surface area contributed by atoms with Crippen molar-refractivity contribution in [3.63, 3.8) is 0 Å². The van der Waals surface area contributed by atoms with E-state index in [1.807, 2.05) is 4.31 Å². The lowest BCUT2D eigenvalue weighted by Gasteiger charge is -2.31. The van der Waals surface area contributed by atoms with E-state index in [-0.39, 0.29) is 5.97 Å². The van der Waals surface area contributed by atoms with Gasteiger partial charge in [-0.2, -0.15) is 0 Å². The lowest BCUT2D eigenvalue weighted by Crippen LogP contribution is -2.43. The van der Waals surface area contributed by atoms with Crippen molar-refractivity contribution in [3.8, 4) is 0 Å². The van der Waals surface area contributed by atoms with Crippen LogP contribution < -0.4 is 0 Å². The Morgan fingerprint density at radius 3 is 2.54 bits per heavy atom. The van der Waals surface area contributed by atoms with E-state index in [1.54, 1.807) is 0 Å². The van der Waals surface area contributed by atoms with Crippen molar-refractivity contribution in [2.45, 2.75) is 6.92 Å². The van der Waals surface area contributed by atoms with Crippen molar-refractivity contribution in [1.82, 2.24) is 9.21 Å². The maximum atomic E-state index is 10.5. The molecule has 76 valence electrons. The van der Waals surface area contributed by atoms with Crippen molar-refractivity contribution in [2.75, 3.05) is 39.3 Å². The number of hydrogen-bond acceptors (Lipinski definition) is 5. The molecule has 0 spiro atoms. The Bertz CT molecular complexity index is 170. The molecule has 1 aliphatic rings. The Hall–Kier alpha value is -0.260. The average Bonchev–Trinajstić information content (AvgIpc) is 2.08. The van der Waals surface area contributed by atoms with Crippen LogP contribution in [-0.2, 0) is 9.53 Å². The maximum Gasteiger partial charge on any atom is 0.302 e. The van der Waals surface area contributed by atoms with Gasteiger partial charge in [0, 0.05) is 39.6 Å². The van der Waals surface area contributed by atoms with Gasteiger partial charge in [0.15, 0.2) is 0 Å². The summed E-state index contributed by atoms with van der Waals surface area (Å²) in [6.07, 6.45) is 0. The molecule has 13 heavy (non-hydrogen) atoms. The van der Waals surface area contributed by atoms with Crippen LogP contribution in [0.4, 0.5) is 0 Å². The van der Waals surface area contributed by atoms with Crippen molar-refractivity contribution < 1.29 is 9.53 Å². The van der Waals surface area contributed by atoms with E-state index in [0.717, 1.165) is 32.7 Å². The summed E-state index contributed by atoms with van der Waals surface area (Å²) in [7, 11) is 0. The first kappa shape index (κ1) is 10.8. The zero-order chi connectivity index (χ0) is 9.68. The molecule has 0 aliphatic carbocycles. The molecule has 1 aliphatic heterocycles. The summed E-state index contributed by atoms with van der Waals surface area (Å²) in [6, 6.07) is 0. The number of ether oxygens (including phenoxy) is 1. The molecule has 1 fully saturated rings. The van der Waals surface area contributed by atoms with E-state index < -0.39 is 0 Å². The van der Waals surface area contributed by atoms with Gasteiger partial charge in [-0.1, -0.05) is 12.8 Å². The highest BCUT2D eigenvalue weighted by Crippen LogP contribution is 2.02. The van der Waals surface area contributed by atoms with Gasteiger partial charge in [-0.3, -0.25) is 14.0 Å². The lowest BCUT2D eigenvalue weighted by molar-refractivity contribution is -0.141. The molecule has 0 saturated carbocycles. The van der Waals surface area contributed by atoms with Gasteiger partial charge < -0.3 is 4.74 Å². The van der Waals surface area contributed by atoms with Crippen LogP contribution in [0.5, 0.6) is 0 Å². The van der Waals surface area contributed by atoms with Crippen LogP contribution in [0.2, 0.25) is 0 Å². The third-order valence-electron chi connectivity index (χ3n) is 2.06.